The highest BCUT2D eigenvalue weighted by atomic mass is 16.3. The second-order valence-electron chi connectivity index (χ2n) is 2.76. The molecule has 0 bridgehead atoms. The lowest BCUT2D eigenvalue weighted by Gasteiger charge is -2.03. The van der Waals surface area contributed by atoms with Crippen LogP contribution in [-0.4, -0.2) is 34.9 Å². The summed E-state index contributed by atoms with van der Waals surface area (Å²) in [6, 6.07) is 0. The molecule has 7 heteroatoms. The minimum Gasteiger partial charge on any atom is -0.388 e. The van der Waals surface area contributed by atoms with Crippen molar-refractivity contribution >= 4 is 0 Å². The van der Waals surface area contributed by atoms with Gasteiger partial charge in [-0.3, -0.25) is 4.68 Å². The minimum absolute atomic E-state index is 0.0998. The predicted molar refractivity (Wildman–Crippen MR) is 46.0 cm³/mol. The third-order valence-corrected chi connectivity index (χ3v) is 1.88. The Morgan fingerprint density at radius 3 is 2.93 bits per heavy atom. The highest BCUT2D eigenvalue weighted by Gasteiger charge is 2.01. The van der Waals surface area contributed by atoms with E-state index >= 15 is 0 Å². The second kappa shape index (κ2) is 3.97. The molecule has 0 aliphatic heterocycles. The van der Waals surface area contributed by atoms with Gasteiger partial charge in [-0.15, -0.1) is 15.3 Å². The van der Waals surface area contributed by atoms with Crippen LogP contribution in [0.1, 0.15) is 5.82 Å². The molecule has 0 aliphatic rings. The van der Waals surface area contributed by atoms with Crippen LogP contribution in [0.4, 0.5) is 0 Å². The zero-order valence-electron chi connectivity index (χ0n) is 7.48. The molecule has 0 unspecified atom stereocenters. The number of aromatic nitrogens is 6. The maximum atomic E-state index is 8.91. The van der Waals surface area contributed by atoms with Gasteiger partial charge in [0.1, 0.15) is 12.9 Å². The van der Waals surface area contributed by atoms with Crippen molar-refractivity contribution in [1.29, 1.82) is 0 Å². The van der Waals surface area contributed by atoms with Gasteiger partial charge in [0.2, 0.25) is 0 Å². The molecule has 14 heavy (non-hydrogen) atoms. The zero-order chi connectivity index (χ0) is 9.80. The van der Waals surface area contributed by atoms with Crippen LogP contribution >= 0.6 is 0 Å². The monoisotopic (exact) mass is 194 g/mol. The van der Waals surface area contributed by atoms with Crippen molar-refractivity contribution in [2.24, 2.45) is 0 Å². The van der Waals surface area contributed by atoms with E-state index in [0.29, 0.717) is 18.9 Å². The van der Waals surface area contributed by atoms with Crippen molar-refractivity contribution in [3.05, 3.63) is 24.5 Å². The highest BCUT2D eigenvalue weighted by molar-refractivity contribution is 4.82. The van der Waals surface area contributed by atoms with E-state index in [1.807, 2.05) is 0 Å². The van der Waals surface area contributed by atoms with Crippen LogP contribution in [0.5, 0.6) is 0 Å². The summed E-state index contributed by atoms with van der Waals surface area (Å²) in [5.41, 5.74) is 0. The van der Waals surface area contributed by atoms with E-state index in [0.717, 1.165) is 0 Å². The normalized spacial score (nSPS) is 10.6. The molecule has 0 radical (unpaired) electrons. The van der Waals surface area contributed by atoms with E-state index in [1.165, 1.54) is 0 Å². The Kier molecular flexibility index (Phi) is 2.50. The molecule has 2 aromatic rings. The molecule has 2 rings (SSSR count). The summed E-state index contributed by atoms with van der Waals surface area (Å²) < 4.78 is 3.49. The van der Waals surface area contributed by atoms with Crippen LogP contribution in [0.25, 0.3) is 0 Å². The average Bonchev–Trinajstić information content (AvgIpc) is 2.85. The molecule has 0 saturated heterocycles. The summed E-state index contributed by atoms with van der Waals surface area (Å²) in [6.45, 7) is 1.26. The van der Waals surface area contributed by atoms with E-state index in [-0.39, 0.29) is 6.61 Å². The standard InChI is InChI=1S/C7H10N6O/c14-5-7-10-9-6-12(7)3-4-13-2-1-8-11-13/h1-2,6,14H,3-5H2. The summed E-state index contributed by atoms with van der Waals surface area (Å²) in [5, 5.41) is 23.9. The van der Waals surface area contributed by atoms with E-state index in [4.69, 9.17) is 5.11 Å². The maximum absolute atomic E-state index is 8.91. The Labute approximate surface area is 80.0 Å². The lowest BCUT2D eigenvalue weighted by atomic mass is 10.5. The van der Waals surface area contributed by atoms with Crippen molar-refractivity contribution < 1.29 is 5.11 Å². The molecular weight excluding hydrogens is 184 g/mol. The lowest BCUT2D eigenvalue weighted by Crippen LogP contribution is -2.10. The summed E-state index contributed by atoms with van der Waals surface area (Å²) in [6.07, 6.45) is 4.99. The van der Waals surface area contributed by atoms with Crippen molar-refractivity contribution in [3.8, 4) is 0 Å². The van der Waals surface area contributed by atoms with Crippen LogP contribution in [0.3, 0.4) is 0 Å². The van der Waals surface area contributed by atoms with Gasteiger partial charge in [-0.1, -0.05) is 5.21 Å². The fourth-order valence-corrected chi connectivity index (χ4v) is 1.15. The molecule has 0 saturated carbocycles. The summed E-state index contributed by atoms with van der Waals surface area (Å²) in [4.78, 5) is 0. The molecule has 0 amide bonds. The number of nitrogens with zero attached hydrogens (tertiary/aromatic N) is 6. The summed E-state index contributed by atoms with van der Waals surface area (Å²) >= 11 is 0. The first-order chi connectivity index (χ1) is 6.90. The fourth-order valence-electron chi connectivity index (χ4n) is 1.15. The van der Waals surface area contributed by atoms with Crippen molar-refractivity contribution in [2.75, 3.05) is 0 Å². The van der Waals surface area contributed by atoms with Crippen molar-refractivity contribution in [1.82, 2.24) is 29.8 Å². The Morgan fingerprint density at radius 1 is 1.29 bits per heavy atom. The molecule has 2 aromatic heterocycles. The number of hydrogen-bond acceptors (Lipinski definition) is 5. The first-order valence-electron chi connectivity index (χ1n) is 4.22. The van der Waals surface area contributed by atoms with Crippen LogP contribution in [0, 0.1) is 0 Å². The minimum atomic E-state index is -0.0998. The predicted octanol–water partition coefficient (Wildman–Crippen LogP) is -0.938. The Bertz CT molecular complexity index is 381. The van der Waals surface area contributed by atoms with E-state index < -0.39 is 0 Å². The second-order valence-corrected chi connectivity index (χ2v) is 2.76. The van der Waals surface area contributed by atoms with Crippen molar-refractivity contribution in [3.63, 3.8) is 0 Å². The van der Waals surface area contributed by atoms with Crippen LogP contribution in [-0.2, 0) is 19.7 Å². The smallest absolute Gasteiger partial charge is 0.158 e. The van der Waals surface area contributed by atoms with Crippen molar-refractivity contribution in [2.45, 2.75) is 19.7 Å². The highest BCUT2D eigenvalue weighted by Crippen LogP contribution is 1.95. The fraction of sp³-hybridized carbons (Fsp3) is 0.429. The lowest BCUT2D eigenvalue weighted by molar-refractivity contribution is 0.263. The molecule has 7 nitrogen and oxygen atoms in total. The summed E-state index contributed by atoms with van der Waals surface area (Å²) in [7, 11) is 0. The van der Waals surface area contributed by atoms with Gasteiger partial charge < -0.3 is 9.67 Å². The molecule has 1 N–H and O–H groups in total. The van der Waals surface area contributed by atoms with E-state index in [9.17, 15) is 0 Å². The summed E-state index contributed by atoms with van der Waals surface area (Å²) in [5.74, 6) is 0.560. The van der Waals surface area contributed by atoms with Gasteiger partial charge in [0, 0.05) is 12.7 Å². The molecule has 2 heterocycles. The van der Waals surface area contributed by atoms with Gasteiger partial charge in [-0.2, -0.15) is 0 Å². The molecular formula is C7H10N6O. The van der Waals surface area contributed by atoms with Crippen LogP contribution in [0.2, 0.25) is 0 Å². The van der Waals surface area contributed by atoms with Gasteiger partial charge in [-0.05, 0) is 0 Å². The number of rotatable bonds is 4. The average molecular weight is 194 g/mol. The largest absolute Gasteiger partial charge is 0.388 e. The SMILES string of the molecule is OCc1nncn1CCn1ccnn1. The van der Waals surface area contributed by atoms with E-state index in [2.05, 4.69) is 20.5 Å². The third kappa shape index (κ3) is 1.77. The molecule has 0 aromatic carbocycles. The van der Waals surface area contributed by atoms with E-state index in [1.54, 1.807) is 28.0 Å². The topological polar surface area (TPSA) is 81.7 Å². The first kappa shape index (κ1) is 8.82. The Morgan fingerprint density at radius 2 is 2.21 bits per heavy atom. The first-order valence-corrected chi connectivity index (χ1v) is 4.22. The van der Waals surface area contributed by atoms with Gasteiger partial charge in [0.15, 0.2) is 5.82 Å². The van der Waals surface area contributed by atoms with Gasteiger partial charge >= 0.3 is 0 Å². The van der Waals surface area contributed by atoms with Gasteiger partial charge in [-0.25, -0.2) is 0 Å². The molecule has 0 spiro atoms. The molecule has 0 fully saturated rings. The quantitative estimate of drug-likeness (QED) is 0.679. The third-order valence-electron chi connectivity index (χ3n) is 1.88. The molecule has 0 atom stereocenters. The number of aliphatic hydroxyl groups is 1. The maximum Gasteiger partial charge on any atom is 0.158 e. The Balaban J connectivity index is 1.98. The zero-order valence-corrected chi connectivity index (χ0v) is 7.48. The molecule has 0 aliphatic carbocycles. The molecule has 74 valence electrons. The number of aryl methyl sites for hydroxylation is 2. The van der Waals surface area contributed by atoms with Crippen LogP contribution < -0.4 is 0 Å². The van der Waals surface area contributed by atoms with Gasteiger partial charge in [0.25, 0.3) is 0 Å². The van der Waals surface area contributed by atoms with Crippen LogP contribution in [0.15, 0.2) is 18.7 Å². The number of aliphatic hydroxyl groups excluding tert-OH is 1. The Hall–Kier alpha value is -1.76. The number of hydrogen-bond donors (Lipinski definition) is 1. The van der Waals surface area contributed by atoms with Gasteiger partial charge in [0.05, 0.1) is 12.7 Å².